The first kappa shape index (κ1) is 16.0. The second-order valence-electron chi connectivity index (χ2n) is 6.91. The molecule has 1 aliphatic carbocycles. The topological polar surface area (TPSA) is 74.7 Å². The molecular weight excluding hydrogens is 270 g/mol. The van der Waals surface area contributed by atoms with Crippen LogP contribution in [0.4, 0.5) is 0 Å². The number of nitrogens with zero attached hydrogens (tertiary/aromatic N) is 1. The summed E-state index contributed by atoms with van der Waals surface area (Å²) < 4.78 is 0. The number of carbonyl (C=O) groups excluding carboxylic acids is 2. The van der Waals surface area contributed by atoms with Crippen LogP contribution in [-0.4, -0.2) is 34.3 Å². The van der Waals surface area contributed by atoms with E-state index in [1.165, 1.54) is 4.90 Å². The number of amides is 2. The molecule has 0 aromatic rings. The quantitative estimate of drug-likeness (QED) is 0.762. The van der Waals surface area contributed by atoms with Gasteiger partial charge in [0.05, 0.1) is 17.8 Å². The van der Waals surface area contributed by atoms with E-state index in [0.29, 0.717) is 12.3 Å². The Morgan fingerprint density at radius 3 is 2.14 bits per heavy atom. The molecule has 0 aromatic carbocycles. The van der Waals surface area contributed by atoms with Crippen molar-refractivity contribution in [3.8, 4) is 0 Å². The van der Waals surface area contributed by atoms with Gasteiger partial charge in [0.25, 0.3) is 0 Å². The zero-order chi connectivity index (χ0) is 15.7. The van der Waals surface area contributed by atoms with E-state index in [9.17, 15) is 19.5 Å². The Bertz CT molecular complexity index is 422. The SMILES string of the molecule is CCC1CC2C(=O)N(CC(CC(C)C)C(=O)O)C(=O)C2C1. The third-order valence-electron chi connectivity index (χ3n) is 4.91. The van der Waals surface area contributed by atoms with Gasteiger partial charge < -0.3 is 5.11 Å². The molecule has 1 heterocycles. The molecule has 5 heteroatoms. The van der Waals surface area contributed by atoms with Crippen LogP contribution in [0.1, 0.15) is 46.5 Å². The van der Waals surface area contributed by atoms with Gasteiger partial charge in [0.1, 0.15) is 0 Å². The van der Waals surface area contributed by atoms with Crippen LogP contribution >= 0.6 is 0 Å². The molecule has 2 rings (SSSR count). The first-order valence-electron chi connectivity index (χ1n) is 7.93. The van der Waals surface area contributed by atoms with Crippen molar-refractivity contribution in [2.24, 2.45) is 29.6 Å². The Hall–Kier alpha value is -1.39. The number of likely N-dealkylation sites (tertiary alicyclic amines) is 1. The lowest BCUT2D eigenvalue weighted by Gasteiger charge is -2.22. The standard InChI is InChI=1S/C16H25NO4/c1-4-10-6-12-13(7-10)15(19)17(14(12)18)8-11(16(20)21)5-9(2)3/h9-13H,4-8H2,1-3H3,(H,20,21). The van der Waals surface area contributed by atoms with E-state index in [0.717, 1.165) is 19.3 Å². The molecule has 1 saturated heterocycles. The minimum atomic E-state index is -0.923. The van der Waals surface area contributed by atoms with E-state index in [2.05, 4.69) is 6.92 Å². The summed E-state index contributed by atoms with van der Waals surface area (Å²) in [5.41, 5.74) is 0. The molecule has 2 aliphatic rings. The minimum Gasteiger partial charge on any atom is -0.481 e. The lowest BCUT2D eigenvalue weighted by Crippen LogP contribution is -2.39. The van der Waals surface area contributed by atoms with Crippen molar-refractivity contribution < 1.29 is 19.5 Å². The highest BCUT2D eigenvalue weighted by molar-refractivity contribution is 6.05. The Balaban J connectivity index is 2.07. The van der Waals surface area contributed by atoms with Gasteiger partial charge in [0.15, 0.2) is 0 Å². The largest absolute Gasteiger partial charge is 0.481 e. The van der Waals surface area contributed by atoms with Crippen molar-refractivity contribution in [2.45, 2.75) is 46.5 Å². The zero-order valence-corrected chi connectivity index (χ0v) is 13.0. The maximum Gasteiger partial charge on any atom is 0.308 e. The number of rotatable bonds is 6. The van der Waals surface area contributed by atoms with Crippen molar-refractivity contribution in [3.05, 3.63) is 0 Å². The smallest absolute Gasteiger partial charge is 0.308 e. The average Bonchev–Trinajstić information content (AvgIpc) is 2.92. The van der Waals surface area contributed by atoms with Gasteiger partial charge in [-0.25, -0.2) is 0 Å². The Labute approximate surface area is 125 Å². The number of carboxylic acids is 1. The van der Waals surface area contributed by atoms with E-state index >= 15 is 0 Å². The summed E-state index contributed by atoms with van der Waals surface area (Å²) in [6.07, 6.45) is 3.05. The van der Waals surface area contributed by atoms with Gasteiger partial charge in [0, 0.05) is 6.54 Å². The second-order valence-corrected chi connectivity index (χ2v) is 6.91. The molecule has 1 aliphatic heterocycles. The van der Waals surface area contributed by atoms with Gasteiger partial charge in [0.2, 0.25) is 11.8 Å². The molecule has 1 N–H and O–H groups in total. The third-order valence-corrected chi connectivity index (χ3v) is 4.91. The first-order chi connectivity index (χ1) is 9.85. The van der Waals surface area contributed by atoms with Crippen LogP contribution in [0.25, 0.3) is 0 Å². The highest BCUT2D eigenvalue weighted by atomic mass is 16.4. The highest BCUT2D eigenvalue weighted by Gasteiger charge is 2.52. The normalized spacial score (nSPS) is 30.1. The van der Waals surface area contributed by atoms with Crippen LogP contribution in [-0.2, 0) is 14.4 Å². The summed E-state index contributed by atoms with van der Waals surface area (Å²) in [6.45, 7) is 6.02. The highest BCUT2D eigenvalue weighted by Crippen LogP contribution is 2.44. The fourth-order valence-corrected chi connectivity index (χ4v) is 3.75. The number of carbonyl (C=O) groups is 3. The molecule has 21 heavy (non-hydrogen) atoms. The molecule has 0 spiro atoms. The van der Waals surface area contributed by atoms with Crippen LogP contribution in [0.2, 0.25) is 0 Å². The maximum atomic E-state index is 12.4. The van der Waals surface area contributed by atoms with Crippen LogP contribution in [0.15, 0.2) is 0 Å². The van der Waals surface area contributed by atoms with Gasteiger partial charge >= 0.3 is 5.97 Å². The molecule has 2 amide bonds. The molecule has 3 unspecified atom stereocenters. The van der Waals surface area contributed by atoms with Crippen molar-refractivity contribution in [1.82, 2.24) is 4.90 Å². The monoisotopic (exact) mass is 295 g/mol. The predicted octanol–water partition coefficient (Wildman–Crippen LogP) is 2.15. The van der Waals surface area contributed by atoms with E-state index in [1.807, 2.05) is 13.8 Å². The summed E-state index contributed by atoms with van der Waals surface area (Å²) in [6, 6.07) is 0. The number of carboxylic acid groups (broad SMARTS) is 1. The van der Waals surface area contributed by atoms with E-state index in [-0.39, 0.29) is 36.1 Å². The van der Waals surface area contributed by atoms with Crippen molar-refractivity contribution in [2.75, 3.05) is 6.54 Å². The van der Waals surface area contributed by atoms with Gasteiger partial charge in [-0.1, -0.05) is 27.2 Å². The fraction of sp³-hybridized carbons (Fsp3) is 0.812. The maximum absolute atomic E-state index is 12.4. The van der Waals surface area contributed by atoms with E-state index < -0.39 is 11.9 Å². The molecule has 0 aromatic heterocycles. The molecule has 5 nitrogen and oxygen atoms in total. The summed E-state index contributed by atoms with van der Waals surface area (Å²) in [4.78, 5) is 37.4. The second kappa shape index (κ2) is 6.16. The molecule has 118 valence electrons. The van der Waals surface area contributed by atoms with Crippen LogP contribution in [0.5, 0.6) is 0 Å². The van der Waals surface area contributed by atoms with Crippen molar-refractivity contribution >= 4 is 17.8 Å². The summed E-state index contributed by atoms with van der Waals surface area (Å²) >= 11 is 0. The van der Waals surface area contributed by atoms with Crippen molar-refractivity contribution in [3.63, 3.8) is 0 Å². The van der Waals surface area contributed by atoms with Crippen LogP contribution in [0, 0.1) is 29.6 Å². The Morgan fingerprint density at radius 2 is 1.76 bits per heavy atom. The molecule has 2 fully saturated rings. The summed E-state index contributed by atoms with van der Waals surface area (Å²) in [5.74, 6) is -1.57. The number of imide groups is 1. The Kier molecular flexibility index (Phi) is 4.69. The van der Waals surface area contributed by atoms with E-state index in [1.54, 1.807) is 0 Å². The fourth-order valence-electron chi connectivity index (χ4n) is 3.75. The van der Waals surface area contributed by atoms with Crippen LogP contribution in [0.3, 0.4) is 0 Å². The van der Waals surface area contributed by atoms with Gasteiger partial charge in [-0.2, -0.15) is 0 Å². The molecule has 1 saturated carbocycles. The summed E-state index contributed by atoms with van der Waals surface area (Å²) in [7, 11) is 0. The average molecular weight is 295 g/mol. The number of aliphatic carboxylic acids is 1. The molecule has 0 radical (unpaired) electrons. The molecular formula is C16H25NO4. The third kappa shape index (κ3) is 3.11. The van der Waals surface area contributed by atoms with Crippen LogP contribution < -0.4 is 0 Å². The van der Waals surface area contributed by atoms with E-state index in [4.69, 9.17) is 0 Å². The lowest BCUT2D eigenvalue weighted by molar-refractivity contribution is -0.146. The first-order valence-corrected chi connectivity index (χ1v) is 7.93. The van der Waals surface area contributed by atoms with Gasteiger partial charge in [-0.05, 0) is 31.1 Å². The molecule has 0 bridgehead atoms. The predicted molar refractivity (Wildman–Crippen MR) is 77.3 cm³/mol. The van der Waals surface area contributed by atoms with Gasteiger partial charge in [-0.3, -0.25) is 19.3 Å². The van der Waals surface area contributed by atoms with Crippen molar-refractivity contribution in [1.29, 1.82) is 0 Å². The lowest BCUT2D eigenvalue weighted by atomic mass is 9.96. The zero-order valence-electron chi connectivity index (χ0n) is 13.0. The Morgan fingerprint density at radius 1 is 1.24 bits per heavy atom. The summed E-state index contributed by atoms with van der Waals surface area (Å²) in [5, 5.41) is 9.29. The molecule has 3 atom stereocenters. The van der Waals surface area contributed by atoms with Gasteiger partial charge in [-0.15, -0.1) is 0 Å². The number of hydrogen-bond acceptors (Lipinski definition) is 3. The number of fused-ring (bicyclic) bond motifs is 1. The number of hydrogen-bond donors (Lipinski definition) is 1. The minimum absolute atomic E-state index is 0.0367.